The number of esters is 1. The molecule has 0 bridgehead atoms. The number of amides is 1. The first-order valence-electron chi connectivity index (χ1n) is 6.05. The van der Waals surface area contributed by atoms with Crippen LogP contribution in [0.1, 0.15) is 19.8 Å². The molecule has 0 aromatic rings. The van der Waals surface area contributed by atoms with E-state index in [0.29, 0.717) is 0 Å². The molecule has 0 saturated carbocycles. The number of carbonyl (C=O) groups excluding carboxylic acids is 2. The largest absolute Gasteiger partial charge is 0.466 e. The summed E-state index contributed by atoms with van der Waals surface area (Å²) in [6.07, 6.45) is -5.03. The van der Waals surface area contributed by atoms with Gasteiger partial charge in [-0.1, -0.05) is 0 Å². The molecule has 0 radical (unpaired) electrons. The number of rotatable bonds is 5. The van der Waals surface area contributed by atoms with E-state index < -0.39 is 30.0 Å². The molecule has 0 spiro atoms. The Bertz CT molecular complexity index is 339. The fourth-order valence-electron chi connectivity index (χ4n) is 1.94. The van der Waals surface area contributed by atoms with Gasteiger partial charge in [0.2, 0.25) is 5.91 Å². The van der Waals surface area contributed by atoms with E-state index in [1.54, 1.807) is 6.92 Å². The van der Waals surface area contributed by atoms with Gasteiger partial charge < -0.3 is 15.4 Å². The molecular weight excluding hydrogens is 265 g/mol. The van der Waals surface area contributed by atoms with E-state index in [0.717, 1.165) is 0 Å². The lowest BCUT2D eigenvalue weighted by Crippen LogP contribution is -2.52. The van der Waals surface area contributed by atoms with Crippen LogP contribution in [0.25, 0.3) is 0 Å². The van der Waals surface area contributed by atoms with Crippen molar-refractivity contribution in [1.29, 1.82) is 0 Å². The van der Waals surface area contributed by atoms with E-state index >= 15 is 0 Å². The first-order chi connectivity index (χ1) is 8.83. The van der Waals surface area contributed by atoms with Gasteiger partial charge in [0, 0.05) is 13.1 Å². The van der Waals surface area contributed by atoms with Crippen molar-refractivity contribution in [2.45, 2.75) is 25.9 Å². The van der Waals surface area contributed by atoms with Crippen LogP contribution in [0.4, 0.5) is 13.2 Å². The summed E-state index contributed by atoms with van der Waals surface area (Å²) in [5, 5.41) is 4.71. The van der Waals surface area contributed by atoms with Gasteiger partial charge in [0.25, 0.3) is 0 Å². The van der Waals surface area contributed by atoms with Gasteiger partial charge in [-0.2, -0.15) is 13.2 Å². The molecule has 2 N–H and O–H groups in total. The highest BCUT2D eigenvalue weighted by atomic mass is 19.4. The van der Waals surface area contributed by atoms with E-state index in [4.69, 9.17) is 0 Å². The Labute approximate surface area is 108 Å². The van der Waals surface area contributed by atoms with E-state index in [9.17, 15) is 22.8 Å². The van der Waals surface area contributed by atoms with Gasteiger partial charge in [0.1, 0.15) is 0 Å². The highest BCUT2D eigenvalue weighted by molar-refractivity contribution is 5.84. The fraction of sp³-hybridized carbons (Fsp3) is 0.818. The van der Waals surface area contributed by atoms with Crippen molar-refractivity contribution < 1.29 is 27.5 Å². The number of carbonyl (C=O) groups is 2. The molecule has 19 heavy (non-hydrogen) atoms. The molecule has 1 amide bonds. The molecule has 110 valence electrons. The van der Waals surface area contributed by atoms with Gasteiger partial charge in [-0.3, -0.25) is 9.59 Å². The molecule has 1 aliphatic rings. The molecule has 1 heterocycles. The van der Waals surface area contributed by atoms with Crippen molar-refractivity contribution in [1.82, 2.24) is 10.6 Å². The van der Waals surface area contributed by atoms with Gasteiger partial charge in [-0.25, -0.2) is 0 Å². The van der Waals surface area contributed by atoms with Gasteiger partial charge in [-0.15, -0.1) is 0 Å². The van der Waals surface area contributed by atoms with Crippen molar-refractivity contribution in [3.8, 4) is 0 Å². The maximum atomic E-state index is 13.0. The minimum Gasteiger partial charge on any atom is -0.466 e. The Hall–Kier alpha value is -1.31. The summed E-state index contributed by atoms with van der Waals surface area (Å²) in [5.74, 6) is -1.64. The van der Waals surface area contributed by atoms with E-state index in [1.807, 2.05) is 0 Å². The second-order valence-electron chi connectivity index (χ2n) is 4.32. The lowest BCUT2D eigenvalue weighted by Gasteiger charge is -2.29. The van der Waals surface area contributed by atoms with Crippen molar-refractivity contribution >= 4 is 11.9 Å². The van der Waals surface area contributed by atoms with Crippen molar-refractivity contribution in [3.63, 3.8) is 0 Å². The molecule has 1 saturated heterocycles. The molecule has 1 aliphatic heterocycles. The zero-order chi connectivity index (χ0) is 14.5. The molecule has 1 rings (SSSR count). The molecule has 1 atom stereocenters. The Morgan fingerprint density at radius 3 is 2.58 bits per heavy atom. The van der Waals surface area contributed by atoms with Gasteiger partial charge in [0.05, 0.1) is 13.0 Å². The van der Waals surface area contributed by atoms with Crippen LogP contribution in [-0.2, 0) is 14.3 Å². The average Bonchev–Trinajstić information content (AvgIpc) is 2.78. The number of nitrogens with one attached hydrogen (secondary N) is 2. The minimum absolute atomic E-state index is 0.138. The van der Waals surface area contributed by atoms with Crippen molar-refractivity contribution in [3.05, 3.63) is 0 Å². The topological polar surface area (TPSA) is 67.4 Å². The lowest BCUT2D eigenvalue weighted by atomic mass is 9.85. The molecule has 0 aromatic heterocycles. The summed E-state index contributed by atoms with van der Waals surface area (Å²) in [6, 6.07) is 0. The maximum Gasteiger partial charge on any atom is 0.404 e. The van der Waals surface area contributed by atoms with Crippen LogP contribution in [-0.4, -0.2) is 44.3 Å². The third kappa shape index (κ3) is 3.59. The standard InChI is InChI=1S/C11H17F3N2O3/c1-2-19-8(17)3-5-16-9(18)10(11(12,13)14)4-6-15-7-10/h15H,2-7H2,1H3,(H,16,18). The van der Waals surface area contributed by atoms with E-state index in [2.05, 4.69) is 15.4 Å². The molecular formula is C11H17F3N2O3. The van der Waals surface area contributed by atoms with Crippen LogP contribution in [0.2, 0.25) is 0 Å². The summed E-state index contributed by atoms with van der Waals surface area (Å²) in [5.41, 5.74) is -2.39. The third-order valence-electron chi connectivity index (χ3n) is 3.05. The fourth-order valence-corrected chi connectivity index (χ4v) is 1.94. The SMILES string of the molecule is CCOC(=O)CCNC(=O)C1(C(F)(F)F)CCNC1. The first kappa shape index (κ1) is 15.7. The number of alkyl halides is 3. The minimum atomic E-state index is -4.61. The zero-order valence-electron chi connectivity index (χ0n) is 10.6. The Morgan fingerprint density at radius 2 is 2.11 bits per heavy atom. The first-order valence-corrected chi connectivity index (χ1v) is 6.05. The summed E-state index contributed by atoms with van der Waals surface area (Å²) >= 11 is 0. The molecule has 8 heteroatoms. The second kappa shape index (κ2) is 6.23. The van der Waals surface area contributed by atoms with E-state index in [-0.39, 0.29) is 32.5 Å². The van der Waals surface area contributed by atoms with Crippen LogP contribution in [0.15, 0.2) is 0 Å². The molecule has 0 aromatic carbocycles. The van der Waals surface area contributed by atoms with Crippen LogP contribution >= 0.6 is 0 Å². The summed E-state index contributed by atoms with van der Waals surface area (Å²) in [7, 11) is 0. The third-order valence-corrected chi connectivity index (χ3v) is 3.05. The smallest absolute Gasteiger partial charge is 0.404 e. The maximum absolute atomic E-state index is 13.0. The van der Waals surface area contributed by atoms with Crippen molar-refractivity contribution in [2.75, 3.05) is 26.2 Å². The highest BCUT2D eigenvalue weighted by Crippen LogP contribution is 2.43. The number of hydrogen-bond donors (Lipinski definition) is 2. The molecule has 0 aliphatic carbocycles. The Morgan fingerprint density at radius 1 is 1.42 bits per heavy atom. The van der Waals surface area contributed by atoms with E-state index in [1.165, 1.54) is 0 Å². The summed E-state index contributed by atoms with van der Waals surface area (Å²) in [6.45, 7) is 1.38. The normalized spacial score (nSPS) is 23.2. The predicted molar refractivity (Wildman–Crippen MR) is 60.2 cm³/mol. The number of hydrogen-bond acceptors (Lipinski definition) is 4. The van der Waals surface area contributed by atoms with Gasteiger partial charge in [-0.05, 0) is 19.9 Å². The molecule has 1 unspecified atom stereocenters. The predicted octanol–water partition coefficient (Wildman–Crippen LogP) is 0.598. The van der Waals surface area contributed by atoms with Crippen molar-refractivity contribution in [2.24, 2.45) is 5.41 Å². The summed E-state index contributed by atoms with van der Waals surface area (Å²) in [4.78, 5) is 22.7. The van der Waals surface area contributed by atoms with Gasteiger partial charge >= 0.3 is 12.1 Å². The Kier molecular flexibility index (Phi) is 5.16. The van der Waals surface area contributed by atoms with Crippen LogP contribution in [0.5, 0.6) is 0 Å². The zero-order valence-corrected chi connectivity index (χ0v) is 10.6. The highest BCUT2D eigenvalue weighted by Gasteiger charge is 2.61. The molecule has 5 nitrogen and oxygen atoms in total. The number of halogens is 3. The van der Waals surface area contributed by atoms with Crippen LogP contribution < -0.4 is 10.6 Å². The second-order valence-corrected chi connectivity index (χ2v) is 4.32. The average molecular weight is 282 g/mol. The molecule has 1 fully saturated rings. The van der Waals surface area contributed by atoms with Crippen LogP contribution in [0.3, 0.4) is 0 Å². The van der Waals surface area contributed by atoms with Crippen LogP contribution in [0, 0.1) is 5.41 Å². The number of ether oxygens (including phenoxy) is 1. The quantitative estimate of drug-likeness (QED) is 0.725. The van der Waals surface area contributed by atoms with Gasteiger partial charge in [0.15, 0.2) is 5.41 Å². The Balaban J connectivity index is 2.53. The summed E-state index contributed by atoms with van der Waals surface area (Å²) < 4.78 is 43.6. The monoisotopic (exact) mass is 282 g/mol. The lowest BCUT2D eigenvalue weighted by molar-refractivity contribution is -0.215.